The Morgan fingerprint density at radius 1 is 1.33 bits per heavy atom. The highest BCUT2D eigenvalue weighted by atomic mass is 32.1. The molecule has 1 aromatic heterocycles. The summed E-state index contributed by atoms with van der Waals surface area (Å²) in [5, 5.41) is 4.75. The number of amides is 1. The van der Waals surface area contributed by atoms with E-state index in [1.165, 1.54) is 11.3 Å². The summed E-state index contributed by atoms with van der Waals surface area (Å²) in [4.78, 5) is 12.6. The molecule has 1 aromatic carbocycles. The van der Waals surface area contributed by atoms with Gasteiger partial charge in [-0.15, -0.1) is 11.3 Å². The van der Waals surface area contributed by atoms with Crippen LogP contribution in [0.25, 0.3) is 0 Å². The van der Waals surface area contributed by atoms with Crippen LogP contribution in [0.5, 0.6) is 5.75 Å². The molecule has 112 valence electrons. The molecule has 0 aliphatic heterocycles. The fourth-order valence-corrected chi connectivity index (χ4v) is 2.62. The van der Waals surface area contributed by atoms with E-state index in [2.05, 4.69) is 5.32 Å². The lowest BCUT2D eigenvalue weighted by molar-refractivity contribution is 0.0941. The Kier molecular flexibility index (Phi) is 5.78. The smallest absolute Gasteiger partial charge is 0.261 e. The fourth-order valence-electron chi connectivity index (χ4n) is 1.80. The molecule has 5 heteroatoms. The van der Waals surface area contributed by atoms with Crippen LogP contribution in [-0.4, -0.2) is 26.2 Å². The summed E-state index contributed by atoms with van der Waals surface area (Å²) in [6.07, 6.45) is 0. The number of nitrogens with one attached hydrogen (secondary N) is 1. The van der Waals surface area contributed by atoms with Crippen molar-refractivity contribution in [3.05, 3.63) is 51.7 Å². The van der Waals surface area contributed by atoms with Crippen molar-refractivity contribution < 1.29 is 14.3 Å². The minimum Gasteiger partial charge on any atom is -0.489 e. The molecule has 0 radical (unpaired) electrons. The van der Waals surface area contributed by atoms with Gasteiger partial charge in [-0.1, -0.05) is 18.2 Å². The molecule has 0 aliphatic rings. The van der Waals surface area contributed by atoms with Gasteiger partial charge in [0, 0.05) is 19.2 Å². The number of methoxy groups -OCH3 is 1. The molecule has 1 amide bonds. The lowest BCUT2D eigenvalue weighted by atomic mass is 10.2. The van der Waals surface area contributed by atoms with Gasteiger partial charge in [-0.3, -0.25) is 4.79 Å². The van der Waals surface area contributed by atoms with E-state index in [1.807, 2.05) is 42.6 Å². The number of carbonyl (C=O) groups is 1. The van der Waals surface area contributed by atoms with Gasteiger partial charge in [-0.25, -0.2) is 0 Å². The number of benzene rings is 1. The summed E-state index contributed by atoms with van der Waals surface area (Å²) in [5.41, 5.74) is 2.10. The predicted molar refractivity (Wildman–Crippen MR) is 84.0 cm³/mol. The fraction of sp³-hybridized carbons (Fsp3) is 0.312. The van der Waals surface area contributed by atoms with E-state index in [1.54, 1.807) is 7.11 Å². The van der Waals surface area contributed by atoms with Crippen molar-refractivity contribution in [3.8, 4) is 5.75 Å². The third kappa shape index (κ3) is 4.58. The van der Waals surface area contributed by atoms with Crippen LogP contribution in [0.1, 0.15) is 20.8 Å². The van der Waals surface area contributed by atoms with Gasteiger partial charge in [-0.05, 0) is 30.0 Å². The van der Waals surface area contributed by atoms with Crippen LogP contribution >= 0.6 is 11.3 Å². The molecule has 2 rings (SSSR count). The quantitative estimate of drug-likeness (QED) is 0.800. The van der Waals surface area contributed by atoms with Gasteiger partial charge in [0.2, 0.25) is 0 Å². The standard InChI is InChI=1S/C16H19NO3S/c1-12-5-3-4-6-14(12)20-10-13-9-15(21-11-13)16(18)17-7-8-19-2/h3-6,9,11H,7-8,10H2,1-2H3,(H,17,18). The number of rotatable bonds is 7. The van der Waals surface area contributed by atoms with E-state index in [0.29, 0.717) is 24.6 Å². The zero-order valence-electron chi connectivity index (χ0n) is 12.2. The van der Waals surface area contributed by atoms with Crippen LogP contribution in [0.3, 0.4) is 0 Å². The zero-order chi connectivity index (χ0) is 15.1. The highest BCUT2D eigenvalue weighted by Crippen LogP contribution is 2.20. The maximum absolute atomic E-state index is 11.9. The molecule has 1 heterocycles. The summed E-state index contributed by atoms with van der Waals surface area (Å²) in [6.45, 7) is 3.51. The number of thiophene rings is 1. The van der Waals surface area contributed by atoms with E-state index < -0.39 is 0 Å². The monoisotopic (exact) mass is 305 g/mol. The van der Waals surface area contributed by atoms with Crippen LogP contribution < -0.4 is 10.1 Å². The largest absolute Gasteiger partial charge is 0.489 e. The van der Waals surface area contributed by atoms with E-state index in [0.717, 1.165) is 16.9 Å². The first kappa shape index (κ1) is 15.5. The number of hydrogen-bond acceptors (Lipinski definition) is 4. The van der Waals surface area contributed by atoms with Crippen LogP contribution in [0, 0.1) is 6.92 Å². The van der Waals surface area contributed by atoms with Crippen molar-refractivity contribution in [2.75, 3.05) is 20.3 Å². The topological polar surface area (TPSA) is 47.6 Å². The number of aryl methyl sites for hydroxylation is 1. The van der Waals surface area contributed by atoms with Gasteiger partial charge in [0.05, 0.1) is 11.5 Å². The third-order valence-corrected chi connectivity index (χ3v) is 3.94. The Labute approximate surface area is 128 Å². The van der Waals surface area contributed by atoms with Gasteiger partial charge in [-0.2, -0.15) is 0 Å². The number of ether oxygens (including phenoxy) is 2. The minimum absolute atomic E-state index is 0.0702. The highest BCUT2D eigenvalue weighted by molar-refractivity contribution is 7.12. The van der Waals surface area contributed by atoms with Gasteiger partial charge in [0.25, 0.3) is 5.91 Å². The molecule has 21 heavy (non-hydrogen) atoms. The molecular formula is C16H19NO3S. The predicted octanol–water partition coefficient (Wildman–Crippen LogP) is 3.01. The molecule has 1 N–H and O–H groups in total. The van der Waals surface area contributed by atoms with Crippen LogP contribution in [0.15, 0.2) is 35.7 Å². The Balaban J connectivity index is 1.88. The van der Waals surface area contributed by atoms with Crippen molar-refractivity contribution in [3.63, 3.8) is 0 Å². The molecular weight excluding hydrogens is 286 g/mol. The highest BCUT2D eigenvalue weighted by Gasteiger charge is 2.09. The Morgan fingerprint density at radius 3 is 2.90 bits per heavy atom. The van der Waals surface area contributed by atoms with Gasteiger partial charge in [0.15, 0.2) is 0 Å². The average molecular weight is 305 g/mol. The van der Waals surface area contributed by atoms with Gasteiger partial charge < -0.3 is 14.8 Å². The molecule has 4 nitrogen and oxygen atoms in total. The Bertz CT molecular complexity index is 595. The molecule has 0 aliphatic carbocycles. The van der Waals surface area contributed by atoms with Crippen LogP contribution in [0.2, 0.25) is 0 Å². The Morgan fingerprint density at radius 2 is 2.14 bits per heavy atom. The van der Waals surface area contributed by atoms with Crippen LogP contribution in [-0.2, 0) is 11.3 Å². The third-order valence-electron chi connectivity index (χ3n) is 2.96. The summed E-state index contributed by atoms with van der Waals surface area (Å²) in [5.74, 6) is 0.800. The maximum Gasteiger partial charge on any atom is 0.261 e. The van der Waals surface area contributed by atoms with Gasteiger partial charge in [0.1, 0.15) is 12.4 Å². The molecule has 0 fully saturated rings. The van der Waals surface area contributed by atoms with Crippen molar-refractivity contribution in [2.45, 2.75) is 13.5 Å². The molecule has 0 saturated carbocycles. The number of para-hydroxylation sites is 1. The Hall–Kier alpha value is -1.85. The van der Waals surface area contributed by atoms with Crippen LogP contribution in [0.4, 0.5) is 0 Å². The molecule has 0 bridgehead atoms. The lowest BCUT2D eigenvalue weighted by Gasteiger charge is -2.07. The van der Waals surface area contributed by atoms with E-state index in [9.17, 15) is 4.79 Å². The van der Waals surface area contributed by atoms with E-state index in [4.69, 9.17) is 9.47 Å². The van der Waals surface area contributed by atoms with Crippen molar-refractivity contribution in [1.82, 2.24) is 5.32 Å². The molecule has 0 saturated heterocycles. The van der Waals surface area contributed by atoms with Crippen molar-refractivity contribution in [1.29, 1.82) is 0 Å². The zero-order valence-corrected chi connectivity index (χ0v) is 13.0. The minimum atomic E-state index is -0.0702. The summed E-state index contributed by atoms with van der Waals surface area (Å²) >= 11 is 1.42. The summed E-state index contributed by atoms with van der Waals surface area (Å²) in [6, 6.07) is 9.75. The molecule has 2 aromatic rings. The maximum atomic E-state index is 11.9. The second-order valence-corrected chi connectivity index (χ2v) is 5.53. The SMILES string of the molecule is COCCNC(=O)c1cc(COc2ccccc2C)cs1. The van der Waals surface area contributed by atoms with Crippen molar-refractivity contribution >= 4 is 17.2 Å². The lowest BCUT2D eigenvalue weighted by Crippen LogP contribution is -2.26. The summed E-state index contributed by atoms with van der Waals surface area (Å²) < 4.78 is 10.7. The first-order valence-corrected chi connectivity index (χ1v) is 7.61. The number of hydrogen-bond donors (Lipinski definition) is 1. The normalized spacial score (nSPS) is 10.4. The second kappa shape index (κ2) is 7.81. The first-order chi connectivity index (χ1) is 10.2. The second-order valence-electron chi connectivity index (χ2n) is 4.62. The molecule has 0 unspecified atom stereocenters. The average Bonchev–Trinajstić information content (AvgIpc) is 2.95. The van der Waals surface area contributed by atoms with Gasteiger partial charge >= 0.3 is 0 Å². The molecule has 0 spiro atoms. The number of carbonyl (C=O) groups excluding carboxylic acids is 1. The summed E-state index contributed by atoms with van der Waals surface area (Å²) in [7, 11) is 1.61. The van der Waals surface area contributed by atoms with E-state index in [-0.39, 0.29) is 5.91 Å². The van der Waals surface area contributed by atoms with E-state index >= 15 is 0 Å². The van der Waals surface area contributed by atoms with Crippen molar-refractivity contribution in [2.24, 2.45) is 0 Å². The first-order valence-electron chi connectivity index (χ1n) is 6.73. The molecule has 0 atom stereocenters.